The minimum Gasteiger partial charge on any atom is -0.445 e. The van der Waals surface area contributed by atoms with Gasteiger partial charge in [0.05, 0.1) is 5.56 Å². The lowest BCUT2D eigenvalue weighted by atomic mass is 9.98. The number of rotatable bonds is 5. The number of ether oxygens (including phenoxy) is 1. The van der Waals surface area contributed by atoms with Crippen molar-refractivity contribution in [1.82, 2.24) is 4.98 Å². The van der Waals surface area contributed by atoms with E-state index < -0.39 is 17.6 Å². The summed E-state index contributed by atoms with van der Waals surface area (Å²) in [6.45, 7) is 3.87. The lowest BCUT2D eigenvalue weighted by molar-refractivity contribution is 0.0282. The number of para-hydroxylation sites is 1. The van der Waals surface area contributed by atoms with Crippen molar-refractivity contribution in [3.05, 3.63) is 117 Å². The number of carbonyl (C=O) groups excluding carboxylic acids is 2. The molecule has 4 rings (SSSR count). The van der Waals surface area contributed by atoms with E-state index in [1.807, 2.05) is 38.1 Å². The summed E-state index contributed by atoms with van der Waals surface area (Å²) in [4.78, 5) is 41.2. The van der Waals surface area contributed by atoms with Gasteiger partial charge in [-0.25, -0.2) is 4.79 Å². The van der Waals surface area contributed by atoms with Crippen molar-refractivity contribution < 1.29 is 14.3 Å². The number of pyridine rings is 1. The summed E-state index contributed by atoms with van der Waals surface area (Å²) in [5.74, 6) is -1.06. The van der Waals surface area contributed by atoms with Gasteiger partial charge in [-0.1, -0.05) is 77.9 Å². The van der Waals surface area contributed by atoms with E-state index in [0.29, 0.717) is 22.0 Å². The van der Waals surface area contributed by atoms with E-state index in [1.165, 1.54) is 6.07 Å². The Bertz CT molecular complexity index is 1320. The van der Waals surface area contributed by atoms with Gasteiger partial charge in [-0.2, -0.15) is 0 Å². The molecule has 0 spiro atoms. The lowest BCUT2D eigenvalue weighted by Gasteiger charge is -2.18. The SMILES string of the molecule is Cc1ccc(C(=O)[C@H](OC(=O)c2cc(=O)[nH]c3ccccc23)c2ccc(C)cc2)cc1. The molecule has 0 saturated carbocycles. The van der Waals surface area contributed by atoms with E-state index in [-0.39, 0.29) is 11.3 Å². The van der Waals surface area contributed by atoms with E-state index in [1.54, 1.807) is 48.5 Å². The first-order valence-electron chi connectivity index (χ1n) is 9.93. The normalized spacial score (nSPS) is 11.8. The molecule has 0 radical (unpaired) electrons. The van der Waals surface area contributed by atoms with Gasteiger partial charge in [0.25, 0.3) is 0 Å². The van der Waals surface area contributed by atoms with E-state index in [9.17, 15) is 14.4 Å². The fourth-order valence-electron chi connectivity index (χ4n) is 3.43. The minimum absolute atomic E-state index is 0.119. The van der Waals surface area contributed by atoms with E-state index in [4.69, 9.17) is 4.74 Å². The van der Waals surface area contributed by atoms with Crippen LogP contribution in [-0.2, 0) is 4.74 Å². The number of hydrogen-bond acceptors (Lipinski definition) is 4. The van der Waals surface area contributed by atoms with Crippen LogP contribution in [0.5, 0.6) is 0 Å². The number of aryl methyl sites for hydroxylation is 2. The molecule has 5 heteroatoms. The van der Waals surface area contributed by atoms with Gasteiger partial charge in [-0.15, -0.1) is 0 Å². The van der Waals surface area contributed by atoms with Crippen LogP contribution in [0, 0.1) is 13.8 Å². The van der Waals surface area contributed by atoms with Gasteiger partial charge in [0.2, 0.25) is 11.3 Å². The molecule has 1 atom stereocenters. The van der Waals surface area contributed by atoms with Gasteiger partial charge in [0.15, 0.2) is 6.10 Å². The molecule has 1 aromatic heterocycles. The first kappa shape index (κ1) is 20.3. The lowest BCUT2D eigenvalue weighted by Crippen LogP contribution is -2.21. The van der Waals surface area contributed by atoms with Crippen molar-refractivity contribution in [3.63, 3.8) is 0 Å². The summed E-state index contributed by atoms with van der Waals surface area (Å²) in [5, 5.41) is 0.553. The molecule has 0 aliphatic rings. The highest BCUT2D eigenvalue weighted by Gasteiger charge is 2.27. The Labute approximate surface area is 179 Å². The zero-order valence-corrected chi connectivity index (χ0v) is 17.2. The summed E-state index contributed by atoms with van der Waals surface area (Å²) >= 11 is 0. The highest BCUT2D eigenvalue weighted by atomic mass is 16.5. The molecule has 1 N–H and O–H groups in total. The number of Topliss-reactive ketones (excluding diaryl/α,β-unsaturated/α-hetero) is 1. The van der Waals surface area contributed by atoms with E-state index >= 15 is 0 Å². The summed E-state index contributed by atoms with van der Waals surface area (Å²) < 4.78 is 5.73. The fourth-order valence-corrected chi connectivity index (χ4v) is 3.43. The van der Waals surface area contributed by atoms with Crippen LogP contribution in [0.25, 0.3) is 10.9 Å². The quantitative estimate of drug-likeness (QED) is 0.373. The molecule has 1 heterocycles. The maximum atomic E-state index is 13.3. The zero-order chi connectivity index (χ0) is 22.0. The largest absolute Gasteiger partial charge is 0.445 e. The molecule has 0 saturated heterocycles. The number of fused-ring (bicyclic) bond motifs is 1. The summed E-state index contributed by atoms with van der Waals surface area (Å²) in [5.41, 5.74) is 3.29. The van der Waals surface area contributed by atoms with Crippen LogP contribution in [0.15, 0.2) is 83.7 Å². The minimum atomic E-state index is -1.13. The molecule has 0 fully saturated rings. The first-order chi connectivity index (χ1) is 14.9. The fraction of sp³-hybridized carbons (Fsp3) is 0.115. The molecule has 0 unspecified atom stereocenters. The van der Waals surface area contributed by atoms with Gasteiger partial charge < -0.3 is 9.72 Å². The standard InChI is InChI=1S/C26H21NO4/c1-16-7-11-18(12-8-16)24(29)25(19-13-9-17(2)10-14-19)31-26(30)21-15-23(28)27-22-6-4-3-5-20(21)22/h3-15,25H,1-2H3,(H,27,28)/t25-/m1/s1. The third-order valence-corrected chi connectivity index (χ3v) is 5.15. The number of hydrogen-bond donors (Lipinski definition) is 1. The molecular weight excluding hydrogens is 390 g/mol. The van der Waals surface area contributed by atoms with Gasteiger partial charge >= 0.3 is 5.97 Å². The predicted molar refractivity (Wildman–Crippen MR) is 119 cm³/mol. The first-order valence-corrected chi connectivity index (χ1v) is 9.93. The Kier molecular flexibility index (Phi) is 5.50. The Hall–Kier alpha value is -3.99. The predicted octanol–water partition coefficient (Wildman–Crippen LogP) is 4.93. The van der Waals surface area contributed by atoms with Crippen LogP contribution >= 0.6 is 0 Å². The summed E-state index contributed by atoms with van der Waals surface area (Å²) in [6, 6.07) is 22.6. The number of H-pyrrole nitrogens is 1. The number of aromatic nitrogens is 1. The molecule has 0 aliphatic carbocycles. The highest BCUT2D eigenvalue weighted by Crippen LogP contribution is 2.26. The Morgan fingerprint density at radius 2 is 1.45 bits per heavy atom. The maximum absolute atomic E-state index is 13.3. The zero-order valence-electron chi connectivity index (χ0n) is 17.2. The van der Waals surface area contributed by atoms with Crippen LogP contribution in [-0.4, -0.2) is 16.7 Å². The molecular formula is C26H21NO4. The van der Waals surface area contributed by atoms with E-state index in [0.717, 1.165) is 11.1 Å². The van der Waals surface area contributed by atoms with Crippen LogP contribution in [0.1, 0.15) is 43.5 Å². The van der Waals surface area contributed by atoms with E-state index in [2.05, 4.69) is 4.98 Å². The van der Waals surface area contributed by atoms with Gasteiger partial charge in [-0.3, -0.25) is 9.59 Å². The highest BCUT2D eigenvalue weighted by molar-refractivity contribution is 6.06. The second kappa shape index (κ2) is 8.40. The van der Waals surface area contributed by atoms with Gasteiger partial charge in [-0.05, 0) is 19.9 Å². The third kappa shape index (κ3) is 4.31. The molecule has 4 aromatic rings. The van der Waals surface area contributed by atoms with Crippen LogP contribution in [0.4, 0.5) is 0 Å². The number of carbonyl (C=O) groups is 2. The number of benzene rings is 3. The van der Waals surface area contributed by atoms with Crippen LogP contribution in [0.3, 0.4) is 0 Å². The molecule has 3 aromatic carbocycles. The Morgan fingerprint density at radius 3 is 2.13 bits per heavy atom. The van der Waals surface area contributed by atoms with Crippen LogP contribution < -0.4 is 5.56 Å². The third-order valence-electron chi connectivity index (χ3n) is 5.15. The van der Waals surface area contributed by atoms with Crippen LogP contribution in [0.2, 0.25) is 0 Å². The monoisotopic (exact) mass is 411 g/mol. The summed E-state index contributed by atoms with van der Waals surface area (Å²) in [7, 11) is 0. The smallest absolute Gasteiger partial charge is 0.340 e. The van der Waals surface area contributed by atoms with Crippen molar-refractivity contribution in [3.8, 4) is 0 Å². The second-order valence-electron chi connectivity index (χ2n) is 7.52. The number of nitrogens with one attached hydrogen (secondary N) is 1. The molecule has 31 heavy (non-hydrogen) atoms. The average Bonchev–Trinajstić information content (AvgIpc) is 2.77. The van der Waals surface area contributed by atoms with Crippen molar-refractivity contribution in [2.45, 2.75) is 20.0 Å². The van der Waals surface area contributed by atoms with Gasteiger partial charge in [0, 0.05) is 28.1 Å². The topological polar surface area (TPSA) is 76.2 Å². The van der Waals surface area contributed by atoms with Crippen molar-refractivity contribution in [2.75, 3.05) is 0 Å². The van der Waals surface area contributed by atoms with Gasteiger partial charge in [0.1, 0.15) is 0 Å². The number of esters is 1. The number of aromatic amines is 1. The summed E-state index contributed by atoms with van der Waals surface area (Å²) in [6.07, 6.45) is -1.13. The van der Waals surface area contributed by atoms with Crippen molar-refractivity contribution in [1.29, 1.82) is 0 Å². The molecule has 5 nitrogen and oxygen atoms in total. The maximum Gasteiger partial charge on any atom is 0.340 e. The molecule has 0 bridgehead atoms. The Balaban J connectivity index is 1.75. The number of ketones is 1. The Morgan fingerprint density at radius 1 is 0.839 bits per heavy atom. The molecule has 0 aliphatic heterocycles. The second-order valence-corrected chi connectivity index (χ2v) is 7.52. The molecule has 154 valence electrons. The average molecular weight is 411 g/mol. The van der Waals surface area contributed by atoms with Crippen molar-refractivity contribution in [2.24, 2.45) is 0 Å². The molecule has 0 amide bonds. The van der Waals surface area contributed by atoms with Crippen molar-refractivity contribution >= 4 is 22.7 Å².